The Balaban J connectivity index is 1.93. The van der Waals surface area contributed by atoms with Gasteiger partial charge in [-0.15, -0.1) is 0 Å². The molecule has 0 bridgehead atoms. The molecule has 0 aromatic heterocycles. The van der Waals surface area contributed by atoms with Crippen molar-refractivity contribution in [3.63, 3.8) is 0 Å². The molecule has 1 saturated heterocycles. The van der Waals surface area contributed by atoms with E-state index in [9.17, 15) is 10.4 Å². The van der Waals surface area contributed by atoms with Crippen LogP contribution in [0.1, 0.15) is 38.5 Å². The lowest BCUT2D eigenvalue weighted by atomic mass is 9.84. The third-order valence-electron chi connectivity index (χ3n) is 4.30. The van der Waals surface area contributed by atoms with Gasteiger partial charge in [0.2, 0.25) is 0 Å². The molecule has 0 aromatic carbocycles. The number of hydrogen-bond donors (Lipinski definition) is 2. The van der Waals surface area contributed by atoms with E-state index in [1.807, 2.05) is 0 Å². The maximum Gasteiger partial charge on any atom is 0.0572 e. The third-order valence-corrected chi connectivity index (χ3v) is 5.32. The summed E-state index contributed by atoms with van der Waals surface area (Å²) >= 11 is 2.48. The van der Waals surface area contributed by atoms with Gasteiger partial charge in [0.15, 0.2) is 0 Å². The minimum absolute atomic E-state index is 0.123. The zero-order chi connectivity index (χ0) is 13.1. The van der Waals surface area contributed by atoms with Gasteiger partial charge in [-0.1, -0.05) is 35.4 Å². The number of halogens is 1. The second-order valence-electron chi connectivity index (χ2n) is 5.61. The number of nitrogens with zero attached hydrogens (tertiary/aromatic N) is 2. The lowest BCUT2D eigenvalue weighted by molar-refractivity contribution is -0.111. The molecule has 18 heavy (non-hydrogen) atoms. The largest absolute Gasteiger partial charge is 0.762 e. The summed E-state index contributed by atoms with van der Waals surface area (Å²) < 4.78 is 0.655. The summed E-state index contributed by atoms with van der Waals surface area (Å²) in [5.74, 6) is 0.258. The SMILES string of the molecule is NC1CCC(I)CN1CC1CCCCC1N([O-])O. The van der Waals surface area contributed by atoms with Gasteiger partial charge in [-0.05, 0) is 31.6 Å². The van der Waals surface area contributed by atoms with Crippen molar-refractivity contribution in [1.82, 2.24) is 10.1 Å². The maximum absolute atomic E-state index is 11.2. The zero-order valence-corrected chi connectivity index (χ0v) is 12.8. The minimum atomic E-state index is -0.236. The summed E-state index contributed by atoms with van der Waals surface area (Å²) in [6, 6.07) is -0.236. The second kappa shape index (κ2) is 6.81. The highest BCUT2D eigenvalue weighted by Gasteiger charge is 2.31. The van der Waals surface area contributed by atoms with Crippen LogP contribution in [-0.4, -0.2) is 44.6 Å². The molecule has 1 aliphatic heterocycles. The van der Waals surface area contributed by atoms with Crippen molar-refractivity contribution >= 4 is 22.6 Å². The molecule has 3 N–H and O–H groups in total. The van der Waals surface area contributed by atoms with Crippen molar-refractivity contribution in [3.05, 3.63) is 5.21 Å². The summed E-state index contributed by atoms with van der Waals surface area (Å²) in [5, 5.41) is 20.6. The average Bonchev–Trinajstić information content (AvgIpc) is 2.34. The molecule has 1 aliphatic carbocycles. The van der Waals surface area contributed by atoms with E-state index in [2.05, 4.69) is 27.5 Å². The van der Waals surface area contributed by atoms with Crippen LogP contribution in [0.3, 0.4) is 0 Å². The van der Waals surface area contributed by atoms with Crippen molar-refractivity contribution < 1.29 is 5.21 Å². The van der Waals surface area contributed by atoms with Gasteiger partial charge in [-0.2, -0.15) is 0 Å². The van der Waals surface area contributed by atoms with Gasteiger partial charge >= 0.3 is 0 Å². The van der Waals surface area contributed by atoms with Crippen LogP contribution in [0, 0.1) is 11.1 Å². The minimum Gasteiger partial charge on any atom is -0.762 e. The van der Waals surface area contributed by atoms with Crippen molar-refractivity contribution in [2.45, 2.75) is 54.7 Å². The number of hydrogen-bond acceptors (Lipinski definition) is 5. The molecule has 0 amide bonds. The summed E-state index contributed by atoms with van der Waals surface area (Å²) in [6.45, 7) is 1.86. The fourth-order valence-electron chi connectivity index (χ4n) is 3.22. The Morgan fingerprint density at radius 3 is 2.72 bits per heavy atom. The van der Waals surface area contributed by atoms with E-state index in [-0.39, 0.29) is 23.4 Å². The molecule has 0 radical (unpaired) electrons. The molecule has 2 rings (SSSR count). The highest BCUT2D eigenvalue weighted by atomic mass is 127. The van der Waals surface area contributed by atoms with Crippen molar-refractivity contribution in [3.8, 4) is 0 Å². The van der Waals surface area contributed by atoms with Crippen LogP contribution in [0.4, 0.5) is 0 Å². The molecule has 0 aromatic rings. The molecular formula is C12H23IN3O2-. The van der Waals surface area contributed by atoms with Gasteiger partial charge in [0.05, 0.1) is 6.17 Å². The fourth-order valence-corrected chi connectivity index (χ4v) is 4.08. The predicted molar refractivity (Wildman–Crippen MR) is 79.3 cm³/mol. The first-order valence-corrected chi connectivity index (χ1v) is 8.11. The van der Waals surface area contributed by atoms with E-state index in [1.54, 1.807) is 0 Å². The topological polar surface area (TPSA) is 75.8 Å². The first-order chi connectivity index (χ1) is 8.58. The van der Waals surface area contributed by atoms with Crippen LogP contribution in [-0.2, 0) is 0 Å². The number of piperidine rings is 1. The van der Waals surface area contributed by atoms with E-state index in [1.165, 1.54) is 6.42 Å². The Morgan fingerprint density at radius 2 is 2.00 bits per heavy atom. The number of likely N-dealkylation sites (tertiary alicyclic amines) is 1. The molecule has 6 heteroatoms. The Bertz CT molecular complexity index is 268. The van der Waals surface area contributed by atoms with E-state index in [4.69, 9.17) is 5.73 Å². The van der Waals surface area contributed by atoms with Crippen LogP contribution in [0.5, 0.6) is 0 Å². The molecule has 1 saturated carbocycles. The zero-order valence-electron chi connectivity index (χ0n) is 10.7. The Kier molecular flexibility index (Phi) is 5.64. The van der Waals surface area contributed by atoms with Gasteiger partial charge in [-0.3, -0.25) is 10.1 Å². The first kappa shape index (κ1) is 14.9. The lowest BCUT2D eigenvalue weighted by Crippen LogP contribution is -2.53. The summed E-state index contributed by atoms with van der Waals surface area (Å²) in [4.78, 5) is 2.30. The molecular weight excluding hydrogens is 345 g/mol. The Hall–Kier alpha value is 0.530. The number of hydroxylamine groups is 2. The van der Waals surface area contributed by atoms with Crippen molar-refractivity contribution in [2.75, 3.05) is 13.1 Å². The Morgan fingerprint density at radius 1 is 1.28 bits per heavy atom. The quantitative estimate of drug-likeness (QED) is 0.452. The third kappa shape index (κ3) is 3.77. The summed E-state index contributed by atoms with van der Waals surface area (Å²) in [6.07, 6.45) is 6.37. The summed E-state index contributed by atoms with van der Waals surface area (Å²) in [7, 11) is 0. The number of alkyl halides is 1. The highest BCUT2D eigenvalue weighted by Crippen LogP contribution is 2.30. The molecule has 2 fully saturated rings. The first-order valence-electron chi connectivity index (χ1n) is 6.87. The van der Waals surface area contributed by atoms with E-state index in [0.717, 1.165) is 45.2 Å². The normalized spacial score (nSPS) is 39.2. The van der Waals surface area contributed by atoms with Gasteiger partial charge in [0, 0.05) is 23.1 Å². The molecule has 0 spiro atoms. The highest BCUT2D eigenvalue weighted by molar-refractivity contribution is 14.1. The predicted octanol–water partition coefficient (Wildman–Crippen LogP) is 1.92. The van der Waals surface area contributed by atoms with Crippen LogP contribution < -0.4 is 5.73 Å². The van der Waals surface area contributed by atoms with Crippen LogP contribution >= 0.6 is 22.6 Å². The van der Waals surface area contributed by atoms with Gasteiger partial charge in [0.25, 0.3) is 0 Å². The molecule has 4 atom stereocenters. The van der Waals surface area contributed by atoms with Crippen LogP contribution in [0.25, 0.3) is 0 Å². The van der Waals surface area contributed by atoms with Crippen LogP contribution in [0.15, 0.2) is 0 Å². The number of rotatable bonds is 3. The smallest absolute Gasteiger partial charge is 0.0572 e. The van der Waals surface area contributed by atoms with E-state index >= 15 is 0 Å². The maximum atomic E-state index is 11.2. The summed E-state index contributed by atoms with van der Waals surface area (Å²) in [5.41, 5.74) is 6.15. The van der Waals surface area contributed by atoms with E-state index in [0.29, 0.717) is 3.92 Å². The number of nitrogens with two attached hydrogens (primary N) is 1. The fraction of sp³-hybridized carbons (Fsp3) is 1.00. The average molecular weight is 368 g/mol. The molecule has 2 aliphatic rings. The molecule has 1 heterocycles. The van der Waals surface area contributed by atoms with Crippen LogP contribution in [0.2, 0.25) is 0 Å². The molecule has 4 unspecified atom stereocenters. The monoisotopic (exact) mass is 368 g/mol. The van der Waals surface area contributed by atoms with Gasteiger partial charge < -0.3 is 16.1 Å². The van der Waals surface area contributed by atoms with Crippen molar-refractivity contribution in [1.29, 1.82) is 0 Å². The Labute approximate surface area is 122 Å². The van der Waals surface area contributed by atoms with Gasteiger partial charge in [0.1, 0.15) is 0 Å². The molecule has 106 valence electrons. The van der Waals surface area contributed by atoms with Crippen molar-refractivity contribution in [2.24, 2.45) is 11.7 Å². The van der Waals surface area contributed by atoms with E-state index < -0.39 is 0 Å². The van der Waals surface area contributed by atoms with Gasteiger partial charge in [-0.25, -0.2) is 0 Å². The molecule has 5 nitrogen and oxygen atoms in total. The lowest BCUT2D eigenvalue weighted by Gasteiger charge is -2.44. The standard InChI is InChI=1S/C12H23IN3O2/c13-10-5-6-12(14)15(8-10)7-9-3-1-2-4-11(9)16(17)18/h9-12,17H,1-8,14H2/q-1. The second-order valence-corrected chi connectivity index (χ2v) is 7.37.